The highest BCUT2D eigenvalue weighted by molar-refractivity contribution is 5.97. The molecule has 2 N–H and O–H groups in total. The summed E-state index contributed by atoms with van der Waals surface area (Å²) in [6, 6.07) is 21.7. The molecule has 1 heterocycles. The molecule has 0 aliphatic carbocycles. The second-order valence-electron chi connectivity index (χ2n) is 8.81. The molecule has 1 saturated heterocycles. The van der Waals surface area contributed by atoms with Crippen LogP contribution < -0.4 is 10.1 Å². The zero-order chi connectivity index (χ0) is 23.2. The molecule has 4 rings (SSSR count). The number of carbonyl (C=O) groups excluding carboxylic acids is 1. The van der Waals surface area contributed by atoms with Gasteiger partial charge in [-0.25, -0.2) is 0 Å². The number of methoxy groups -OCH3 is 1. The second kappa shape index (κ2) is 10.4. The minimum Gasteiger partial charge on any atom is -0.507 e. The molecule has 5 nitrogen and oxygen atoms in total. The van der Waals surface area contributed by atoms with Crippen LogP contribution in [0.15, 0.2) is 66.7 Å². The van der Waals surface area contributed by atoms with E-state index in [9.17, 15) is 9.90 Å². The van der Waals surface area contributed by atoms with E-state index in [0.29, 0.717) is 18.0 Å². The monoisotopic (exact) mass is 444 g/mol. The topological polar surface area (TPSA) is 61.8 Å². The van der Waals surface area contributed by atoms with Gasteiger partial charge in [0.2, 0.25) is 0 Å². The third kappa shape index (κ3) is 5.67. The Bertz CT molecular complexity index is 1090. The molecule has 33 heavy (non-hydrogen) atoms. The highest BCUT2D eigenvalue weighted by Gasteiger charge is 2.25. The Hall–Kier alpha value is -3.47. The smallest absolute Gasteiger partial charge is 0.257 e. The first-order valence-electron chi connectivity index (χ1n) is 11.6. The van der Waals surface area contributed by atoms with E-state index >= 15 is 0 Å². The molecular weight excluding hydrogens is 412 g/mol. The Morgan fingerprint density at radius 1 is 1.03 bits per heavy atom. The molecule has 3 aromatic carbocycles. The summed E-state index contributed by atoms with van der Waals surface area (Å²) < 4.78 is 5.32. The van der Waals surface area contributed by atoms with Gasteiger partial charge in [-0.1, -0.05) is 42.5 Å². The van der Waals surface area contributed by atoms with Crippen LogP contribution in [0.5, 0.6) is 11.5 Å². The lowest BCUT2D eigenvalue weighted by molar-refractivity contribution is 0.0687. The summed E-state index contributed by atoms with van der Waals surface area (Å²) in [5.41, 5.74) is 4.71. The number of carbonyl (C=O) groups is 1. The number of amides is 1. The number of anilines is 1. The van der Waals surface area contributed by atoms with E-state index in [1.807, 2.05) is 30.0 Å². The Morgan fingerprint density at radius 3 is 2.48 bits per heavy atom. The predicted octanol–water partition coefficient (Wildman–Crippen LogP) is 5.42. The van der Waals surface area contributed by atoms with E-state index in [2.05, 4.69) is 35.6 Å². The number of nitrogens with one attached hydrogen (secondary N) is 1. The van der Waals surface area contributed by atoms with Gasteiger partial charge in [-0.2, -0.15) is 0 Å². The standard InChI is InChI=1S/C28H32N2O3/c1-20-16-23(8-11-27(20)33-2)19-29-24-9-10-26(31)25(18-24)28(32)30-14-12-22(13-15-30)17-21-6-4-3-5-7-21/h3-11,16,18,22,29,31H,12-15,17,19H2,1-2H3. The first kappa shape index (κ1) is 22.7. The molecule has 1 aliphatic heterocycles. The summed E-state index contributed by atoms with van der Waals surface area (Å²) in [6.45, 7) is 4.08. The van der Waals surface area contributed by atoms with Crippen LogP contribution >= 0.6 is 0 Å². The Morgan fingerprint density at radius 2 is 1.79 bits per heavy atom. The molecule has 0 atom stereocenters. The minimum absolute atomic E-state index is 0.0252. The number of nitrogens with zero attached hydrogens (tertiary/aromatic N) is 1. The van der Waals surface area contributed by atoms with Gasteiger partial charge in [0.25, 0.3) is 5.91 Å². The molecule has 0 unspecified atom stereocenters. The van der Waals surface area contributed by atoms with Crippen molar-refractivity contribution in [3.05, 3.63) is 89.0 Å². The zero-order valence-corrected chi connectivity index (χ0v) is 19.4. The van der Waals surface area contributed by atoms with Crippen molar-refractivity contribution in [2.45, 2.75) is 32.7 Å². The number of hydrogen-bond donors (Lipinski definition) is 2. The van der Waals surface area contributed by atoms with Crippen LogP contribution in [0.3, 0.4) is 0 Å². The number of aromatic hydroxyl groups is 1. The summed E-state index contributed by atoms with van der Waals surface area (Å²) in [5, 5.41) is 13.7. The van der Waals surface area contributed by atoms with Gasteiger partial charge in [-0.15, -0.1) is 0 Å². The minimum atomic E-state index is -0.102. The third-order valence-corrected chi connectivity index (χ3v) is 6.45. The van der Waals surface area contributed by atoms with Crippen molar-refractivity contribution in [1.29, 1.82) is 0 Å². The van der Waals surface area contributed by atoms with Gasteiger partial charge < -0.3 is 20.1 Å². The Balaban J connectivity index is 1.36. The van der Waals surface area contributed by atoms with Crippen LogP contribution in [0, 0.1) is 12.8 Å². The molecule has 0 radical (unpaired) electrons. The lowest BCUT2D eigenvalue weighted by Gasteiger charge is -2.32. The van der Waals surface area contributed by atoms with Crippen LogP contribution in [0.25, 0.3) is 0 Å². The van der Waals surface area contributed by atoms with Crippen LogP contribution in [-0.4, -0.2) is 36.1 Å². The Labute approximate surface area is 196 Å². The highest BCUT2D eigenvalue weighted by atomic mass is 16.5. The average molecular weight is 445 g/mol. The summed E-state index contributed by atoms with van der Waals surface area (Å²) in [7, 11) is 1.67. The molecule has 1 fully saturated rings. The molecule has 0 saturated carbocycles. The molecule has 0 bridgehead atoms. The third-order valence-electron chi connectivity index (χ3n) is 6.45. The van der Waals surface area contributed by atoms with E-state index in [0.717, 1.165) is 54.9 Å². The van der Waals surface area contributed by atoms with Crippen LogP contribution in [-0.2, 0) is 13.0 Å². The van der Waals surface area contributed by atoms with E-state index in [1.165, 1.54) is 5.56 Å². The lowest BCUT2D eigenvalue weighted by Crippen LogP contribution is -2.39. The maximum Gasteiger partial charge on any atom is 0.257 e. The molecule has 172 valence electrons. The normalized spacial score (nSPS) is 14.2. The fraction of sp³-hybridized carbons (Fsp3) is 0.321. The molecule has 0 aromatic heterocycles. The lowest BCUT2D eigenvalue weighted by atomic mass is 9.90. The molecule has 5 heteroatoms. The van der Waals surface area contributed by atoms with Crippen molar-refractivity contribution < 1.29 is 14.6 Å². The van der Waals surface area contributed by atoms with E-state index < -0.39 is 0 Å². The zero-order valence-electron chi connectivity index (χ0n) is 19.4. The van der Waals surface area contributed by atoms with Crippen molar-refractivity contribution in [2.75, 3.05) is 25.5 Å². The van der Waals surface area contributed by atoms with Gasteiger partial charge in [-0.05, 0) is 73.1 Å². The number of ether oxygens (including phenoxy) is 1. The van der Waals surface area contributed by atoms with Crippen LogP contribution in [0.4, 0.5) is 5.69 Å². The number of rotatable bonds is 7. The number of benzene rings is 3. The Kier molecular flexibility index (Phi) is 7.18. The van der Waals surface area contributed by atoms with Gasteiger partial charge >= 0.3 is 0 Å². The summed E-state index contributed by atoms with van der Waals surface area (Å²) in [6.07, 6.45) is 3.02. The molecular formula is C28H32N2O3. The van der Waals surface area contributed by atoms with Crippen molar-refractivity contribution in [2.24, 2.45) is 5.92 Å². The summed E-state index contributed by atoms with van der Waals surface area (Å²) >= 11 is 0. The fourth-order valence-electron chi connectivity index (χ4n) is 4.53. The first-order chi connectivity index (χ1) is 16.0. The molecule has 0 spiro atoms. The summed E-state index contributed by atoms with van der Waals surface area (Å²) in [5.74, 6) is 1.38. The quantitative estimate of drug-likeness (QED) is 0.478. The van der Waals surface area contributed by atoms with Gasteiger partial charge in [0.05, 0.1) is 12.7 Å². The second-order valence-corrected chi connectivity index (χ2v) is 8.81. The van der Waals surface area contributed by atoms with Crippen molar-refractivity contribution in [3.63, 3.8) is 0 Å². The number of hydrogen-bond acceptors (Lipinski definition) is 4. The molecule has 3 aromatic rings. The number of aryl methyl sites for hydroxylation is 1. The van der Waals surface area contributed by atoms with Gasteiger partial charge in [0.1, 0.15) is 11.5 Å². The first-order valence-corrected chi connectivity index (χ1v) is 11.6. The number of phenols is 1. The summed E-state index contributed by atoms with van der Waals surface area (Å²) in [4.78, 5) is 15.0. The highest BCUT2D eigenvalue weighted by Crippen LogP contribution is 2.27. The predicted molar refractivity (Wildman–Crippen MR) is 132 cm³/mol. The largest absolute Gasteiger partial charge is 0.507 e. The SMILES string of the molecule is COc1ccc(CNc2ccc(O)c(C(=O)N3CCC(Cc4ccccc4)CC3)c2)cc1C. The van der Waals surface area contributed by atoms with Crippen molar-refractivity contribution in [3.8, 4) is 11.5 Å². The molecule has 1 aliphatic rings. The number of phenolic OH excluding ortho intramolecular Hbond substituents is 1. The van der Waals surface area contributed by atoms with E-state index in [-0.39, 0.29) is 11.7 Å². The van der Waals surface area contributed by atoms with E-state index in [4.69, 9.17) is 4.74 Å². The maximum absolute atomic E-state index is 13.2. The number of likely N-dealkylation sites (tertiary alicyclic amines) is 1. The van der Waals surface area contributed by atoms with Gasteiger partial charge in [0, 0.05) is 25.3 Å². The van der Waals surface area contributed by atoms with Crippen molar-refractivity contribution in [1.82, 2.24) is 4.90 Å². The van der Waals surface area contributed by atoms with Crippen LogP contribution in [0.2, 0.25) is 0 Å². The average Bonchev–Trinajstić information content (AvgIpc) is 2.84. The maximum atomic E-state index is 13.2. The van der Waals surface area contributed by atoms with Gasteiger partial charge in [0.15, 0.2) is 0 Å². The molecule has 1 amide bonds. The number of piperidine rings is 1. The van der Waals surface area contributed by atoms with Gasteiger partial charge in [-0.3, -0.25) is 4.79 Å². The van der Waals surface area contributed by atoms with Crippen molar-refractivity contribution >= 4 is 11.6 Å². The fourth-order valence-corrected chi connectivity index (χ4v) is 4.53. The van der Waals surface area contributed by atoms with Crippen LogP contribution in [0.1, 0.15) is 39.9 Å². The van der Waals surface area contributed by atoms with E-state index in [1.54, 1.807) is 25.3 Å².